The van der Waals surface area contributed by atoms with Crippen LogP contribution in [0.1, 0.15) is 52.9 Å². The molecule has 94 valence electrons. The predicted molar refractivity (Wildman–Crippen MR) is 67.3 cm³/mol. The summed E-state index contributed by atoms with van der Waals surface area (Å²) >= 11 is 0. The Bertz CT molecular complexity index is 218. The monoisotopic (exact) mass is 226 g/mol. The highest BCUT2D eigenvalue weighted by Crippen LogP contribution is 2.16. The van der Waals surface area contributed by atoms with Crippen molar-refractivity contribution in [1.29, 1.82) is 0 Å². The molecule has 0 saturated carbocycles. The Hall–Kier alpha value is -0.570. The molecule has 0 aliphatic carbocycles. The Labute approximate surface area is 99.4 Å². The maximum Gasteiger partial charge on any atom is 0.237 e. The van der Waals surface area contributed by atoms with Gasteiger partial charge in [-0.2, -0.15) is 0 Å². The van der Waals surface area contributed by atoms with Crippen molar-refractivity contribution < 1.29 is 4.79 Å². The summed E-state index contributed by atoms with van der Waals surface area (Å²) in [5.74, 6) is 0.667. The third-order valence-corrected chi connectivity index (χ3v) is 3.53. The van der Waals surface area contributed by atoms with Gasteiger partial charge in [0.2, 0.25) is 5.91 Å². The summed E-state index contributed by atoms with van der Waals surface area (Å²) < 4.78 is 0. The van der Waals surface area contributed by atoms with Crippen molar-refractivity contribution in [1.82, 2.24) is 10.6 Å². The minimum atomic E-state index is 0.0275. The summed E-state index contributed by atoms with van der Waals surface area (Å²) in [5.41, 5.74) is 0. The fourth-order valence-electron chi connectivity index (χ4n) is 2.42. The molecular formula is C13H26N2O. The van der Waals surface area contributed by atoms with Gasteiger partial charge < -0.3 is 10.6 Å². The van der Waals surface area contributed by atoms with E-state index in [-0.39, 0.29) is 11.9 Å². The lowest BCUT2D eigenvalue weighted by Gasteiger charge is -2.30. The smallest absolute Gasteiger partial charge is 0.237 e. The fraction of sp³-hybridized carbons (Fsp3) is 0.923. The van der Waals surface area contributed by atoms with Gasteiger partial charge in [-0.15, -0.1) is 0 Å². The lowest BCUT2D eigenvalue weighted by Crippen LogP contribution is -2.53. The average molecular weight is 226 g/mol. The van der Waals surface area contributed by atoms with Gasteiger partial charge in [0, 0.05) is 6.04 Å². The van der Waals surface area contributed by atoms with Crippen LogP contribution in [0.15, 0.2) is 0 Å². The number of nitrogens with one attached hydrogen (secondary N) is 2. The third-order valence-electron chi connectivity index (χ3n) is 3.53. The van der Waals surface area contributed by atoms with E-state index in [2.05, 4.69) is 31.4 Å². The van der Waals surface area contributed by atoms with E-state index in [1.165, 1.54) is 6.42 Å². The molecule has 0 aromatic rings. The molecule has 1 saturated heterocycles. The molecule has 1 fully saturated rings. The van der Waals surface area contributed by atoms with Crippen LogP contribution in [0, 0.1) is 5.92 Å². The first-order chi connectivity index (χ1) is 7.69. The Morgan fingerprint density at radius 2 is 2.25 bits per heavy atom. The highest BCUT2D eigenvalue weighted by atomic mass is 16.2. The van der Waals surface area contributed by atoms with Gasteiger partial charge in [-0.1, -0.05) is 27.2 Å². The highest BCUT2D eigenvalue weighted by Gasteiger charge is 2.28. The number of carbonyl (C=O) groups excluding carboxylic acids is 1. The Kier molecular flexibility index (Phi) is 5.81. The van der Waals surface area contributed by atoms with E-state index >= 15 is 0 Å². The van der Waals surface area contributed by atoms with Gasteiger partial charge in [0.25, 0.3) is 0 Å². The van der Waals surface area contributed by atoms with E-state index in [4.69, 9.17) is 0 Å². The van der Waals surface area contributed by atoms with Crippen molar-refractivity contribution in [2.45, 2.75) is 65.0 Å². The largest absolute Gasteiger partial charge is 0.352 e. The number of amides is 1. The first-order valence-corrected chi connectivity index (χ1v) is 6.72. The zero-order chi connectivity index (χ0) is 12.0. The summed E-state index contributed by atoms with van der Waals surface area (Å²) in [5, 5.41) is 6.49. The van der Waals surface area contributed by atoms with Crippen LogP contribution in [0.25, 0.3) is 0 Å². The molecule has 0 aromatic heterocycles. The summed E-state index contributed by atoms with van der Waals surface area (Å²) in [6.07, 6.45) is 5.60. The zero-order valence-electron chi connectivity index (χ0n) is 10.9. The molecule has 3 atom stereocenters. The van der Waals surface area contributed by atoms with Gasteiger partial charge in [0.15, 0.2) is 0 Å². The molecule has 3 nitrogen and oxygen atoms in total. The molecule has 0 spiro atoms. The first kappa shape index (κ1) is 13.5. The molecule has 1 heterocycles. The van der Waals surface area contributed by atoms with Crippen molar-refractivity contribution in [3.8, 4) is 0 Å². The molecule has 3 unspecified atom stereocenters. The Morgan fingerprint density at radius 1 is 1.50 bits per heavy atom. The summed E-state index contributed by atoms with van der Waals surface area (Å²) in [6, 6.07) is 0.382. The molecule has 2 N–H and O–H groups in total. The highest BCUT2D eigenvalue weighted by molar-refractivity contribution is 5.82. The number of carbonyl (C=O) groups is 1. The number of piperidine rings is 1. The van der Waals surface area contributed by atoms with Crippen LogP contribution in [0.2, 0.25) is 0 Å². The van der Waals surface area contributed by atoms with Crippen molar-refractivity contribution in [3.05, 3.63) is 0 Å². The van der Waals surface area contributed by atoms with Gasteiger partial charge in [0.05, 0.1) is 6.04 Å². The standard InChI is InChI=1S/C13H26N2O/c1-4-7-11(5-2)15-13(16)12-10(3)8-6-9-14-12/h10-12,14H,4-9H2,1-3H3,(H,15,16). The Balaban J connectivity index is 2.42. The molecule has 16 heavy (non-hydrogen) atoms. The van der Waals surface area contributed by atoms with Gasteiger partial charge in [-0.25, -0.2) is 0 Å². The lowest BCUT2D eigenvalue weighted by molar-refractivity contribution is -0.125. The third kappa shape index (κ3) is 3.78. The van der Waals surface area contributed by atoms with Crippen molar-refractivity contribution >= 4 is 5.91 Å². The molecule has 1 amide bonds. The van der Waals surface area contributed by atoms with Crippen LogP contribution < -0.4 is 10.6 Å². The van der Waals surface area contributed by atoms with Crippen LogP contribution in [0.5, 0.6) is 0 Å². The summed E-state index contributed by atoms with van der Waals surface area (Å²) in [4.78, 5) is 12.1. The summed E-state index contributed by atoms with van der Waals surface area (Å²) in [7, 11) is 0. The predicted octanol–water partition coefficient (Wildman–Crippen LogP) is 2.07. The van der Waals surface area contributed by atoms with Crippen molar-refractivity contribution in [2.75, 3.05) is 6.54 Å². The van der Waals surface area contributed by atoms with E-state index in [9.17, 15) is 4.79 Å². The van der Waals surface area contributed by atoms with Crippen molar-refractivity contribution in [3.63, 3.8) is 0 Å². The van der Waals surface area contributed by atoms with E-state index in [0.717, 1.165) is 32.2 Å². The normalized spacial score (nSPS) is 27.4. The SMILES string of the molecule is CCCC(CC)NC(=O)C1NCCCC1C. The zero-order valence-corrected chi connectivity index (χ0v) is 10.9. The minimum Gasteiger partial charge on any atom is -0.352 e. The van der Waals surface area contributed by atoms with Gasteiger partial charge in [0.1, 0.15) is 0 Å². The van der Waals surface area contributed by atoms with Crippen LogP contribution in [0.3, 0.4) is 0 Å². The van der Waals surface area contributed by atoms with E-state index < -0.39 is 0 Å². The first-order valence-electron chi connectivity index (χ1n) is 6.72. The van der Waals surface area contributed by atoms with Crippen molar-refractivity contribution in [2.24, 2.45) is 5.92 Å². The second-order valence-electron chi connectivity index (χ2n) is 4.95. The summed E-state index contributed by atoms with van der Waals surface area (Å²) in [6.45, 7) is 7.44. The van der Waals surface area contributed by atoms with Gasteiger partial charge in [-0.05, 0) is 38.1 Å². The van der Waals surface area contributed by atoms with Crippen LogP contribution in [0.4, 0.5) is 0 Å². The average Bonchev–Trinajstić information content (AvgIpc) is 2.28. The van der Waals surface area contributed by atoms with E-state index in [1.807, 2.05) is 0 Å². The number of hydrogen-bond acceptors (Lipinski definition) is 2. The lowest BCUT2D eigenvalue weighted by atomic mass is 9.92. The molecule has 0 aromatic carbocycles. The molecule has 0 bridgehead atoms. The van der Waals surface area contributed by atoms with E-state index in [1.54, 1.807) is 0 Å². The quantitative estimate of drug-likeness (QED) is 0.753. The second-order valence-corrected chi connectivity index (χ2v) is 4.95. The van der Waals surface area contributed by atoms with Gasteiger partial charge in [-0.3, -0.25) is 4.79 Å². The molecule has 1 aliphatic heterocycles. The molecule has 0 radical (unpaired) electrons. The molecule has 3 heteroatoms. The maximum atomic E-state index is 12.1. The van der Waals surface area contributed by atoms with Crippen LogP contribution in [-0.2, 0) is 4.79 Å². The molecule has 1 aliphatic rings. The van der Waals surface area contributed by atoms with Gasteiger partial charge >= 0.3 is 0 Å². The molecular weight excluding hydrogens is 200 g/mol. The topological polar surface area (TPSA) is 41.1 Å². The van der Waals surface area contributed by atoms with E-state index in [0.29, 0.717) is 12.0 Å². The number of rotatable bonds is 5. The second kappa shape index (κ2) is 6.89. The number of hydrogen-bond donors (Lipinski definition) is 2. The van der Waals surface area contributed by atoms with Crippen LogP contribution >= 0.6 is 0 Å². The van der Waals surface area contributed by atoms with Crippen LogP contribution in [-0.4, -0.2) is 24.5 Å². The fourth-order valence-corrected chi connectivity index (χ4v) is 2.42. The minimum absolute atomic E-state index is 0.0275. The Morgan fingerprint density at radius 3 is 2.81 bits per heavy atom. The maximum absolute atomic E-state index is 12.1. The molecule has 1 rings (SSSR count).